The predicted octanol–water partition coefficient (Wildman–Crippen LogP) is 2.99. The number of piperidine rings is 1. The molecular formula is C23H31N3O5S. The fourth-order valence-electron chi connectivity index (χ4n) is 3.60. The van der Waals surface area contributed by atoms with Crippen LogP contribution < -0.4 is 14.8 Å². The van der Waals surface area contributed by atoms with Crippen LogP contribution in [0.5, 0.6) is 11.6 Å². The number of carbonyl (C=O) groups excluding carboxylic acids is 1. The van der Waals surface area contributed by atoms with Gasteiger partial charge in [-0.3, -0.25) is 4.79 Å². The molecule has 0 unspecified atom stereocenters. The van der Waals surface area contributed by atoms with E-state index in [-0.39, 0.29) is 16.7 Å². The highest BCUT2D eigenvalue weighted by Gasteiger charge is 2.32. The van der Waals surface area contributed by atoms with Crippen molar-refractivity contribution in [3.63, 3.8) is 0 Å². The molecular weight excluding hydrogens is 430 g/mol. The summed E-state index contributed by atoms with van der Waals surface area (Å²) in [6.45, 7) is 5.94. The van der Waals surface area contributed by atoms with Crippen molar-refractivity contribution in [1.29, 1.82) is 0 Å². The van der Waals surface area contributed by atoms with Crippen molar-refractivity contribution < 1.29 is 22.7 Å². The standard InChI is InChI=1S/C23H31N3O5S/c1-3-16-31-23-19(6-5-13-24-23)17-25-22(27)18-11-14-26(15-12-18)32(28,29)21-9-7-20(8-10-21)30-4-2/h5-10,13,18H,3-4,11-12,14-17H2,1-2H3,(H,25,27). The van der Waals surface area contributed by atoms with Crippen LogP contribution in [0, 0.1) is 5.92 Å². The average molecular weight is 462 g/mol. The molecule has 1 fully saturated rings. The topological polar surface area (TPSA) is 97.8 Å². The summed E-state index contributed by atoms with van der Waals surface area (Å²) in [6, 6.07) is 10.1. The molecule has 0 atom stereocenters. The van der Waals surface area contributed by atoms with Crippen molar-refractivity contribution in [3.8, 4) is 11.6 Å². The van der Waals surface area contributed by atoms with Crippen LogP contribution in [0.15, 0.2) is 47.5 Å². The van der Waals surface area contributed by atoms with E-state index in [0.29, 0.717) is 57.3 Å². The van der Waals surface area contributed by atoms with Gasteiger partial charge >= 0.3 is 0 Å². The Labute approximate surface area is 190 Å². The number of carbonyl (C=O) groups is 1. The first-order valence-electron chi connectivity index (χ1n) is 11.0. The molecule has 1 aromatic heterocycles. The predicted molar refractivity (Wildman–Crippen MR) is 121 cm³/mol. The van der Waals surface area contributed by atoms with Crippen molar-refractivity contribution in [2.75, 3.05) is 26.3 Å². The van der Waals surface area contributed by atoms with Crippen LogP contribution in [0.2, 0.25) is 0 Å². The lowest BCUT2D eigenvalue weighted by atomic mass is 9.97. The molecule has 174 valence electrons. The summed E-state index contributed by atoms with van der Waals surface area (Å²) in [4.78, 5) is 17.1. The van der Waals surface area contributed by atoms with Gasteiger partial charge in [-0.2, -0.15) is 4.31 Å². The quantitative estimate of drug-likeness (QED) is 0.584. The number of hydrogen-bond acceptors (Lipinski definition) is 6. The SMILES string of the molecule is CCCOc1ncccc1CNC(=O)C1CCN(S(=O)(=O)c2ccc(OCC)cc2)CC1. The van der Waals surface area contributed by atoms with Crippen molar-refractivity contribution in [2.24, 2.45) is 5.92 Å². The van der Waals surface area contributed by atoms with Crippen LogP contribution in [-0.2, 0) is 21.4 Å². The third kappa shape index (κ3) is 5.98. The van der Waals surface area contributed by atoms with E-state index in [0.717, 1.165) is 12.0 Å². The lowest BCUT2D eigenvalue weighted by Crippen LogP contribution is -2.42. The van der Waals surface area contributed by atoms with E-state index in [1.165, 1.54) is 4.31 Å². The lowest BCUT2D eigenvalue weighted by molar-refractivity contribution is -0.126. The average Bonchev–Trinajstić information content (AvgIpc) is 2.82. The maximum absolute atomic E-state index is 12.9. The molecule has 3 rings (SSSR count). The molecule has 0 bridgehead atoms. The number of sulfonamides is 1. The number of pyridine rings is 1. The Morgan fingerprint density at radius 1 is 1.12 bits per heavy atom. The van der Waals surface area contributed by atoms with Gasteiger partial charge in [-0.15, -0.1) is 0 Å². The van der Waals surface area contributed by atoms with Crippen molar-refractivity contribution in [1.82, 2.24) is 14.6 Å². The molecule has 1 aliphatic heterocycles. The smallest absolute Gasteiger partial charge is 0.243 e. The molecule has 0 saturated carbocycles. The van der Waals surface area contributed by atoms with Crippen LogP contribution in [0.1, 0.15) is 38.7 Å². The summed E-state index contributed by atoms with van der Waals surface area (Å²) >= 11 is 0. The zero-order chi connectivity index (χ0) is 23.0. The normalized spacial score (nSPS) is 15.3. The van der Waals surface area contributed by atoms with Gasteiger partial charge in [0.2, 0.25) is 21.8 Å². The molecule has 0 aliphatic carbocycles. The summed E-state index contributed by atoms with van der Waals surface area (Å²) in [7, 11) is -3.59. The largest absolute Gasteiger partial charge is 0.494 e. The summed E-state index contributed by atoms with van der Waals surface area (Å²) in [5.41, 5.74) is 0.824. The van der Waals surface area contributed by atoms with Gasteiger partial charge in [0.25, 0.3) is 0 Å². The number of rotatable bonds is 10. The number of hydrogen-bond donors (Lipinski definition) is 1. The number of nitrogens with zero attached hydrogens (tertiary/aromatic N) is 2. The van der Waals surface area contributed by atoms with Crippen molar-refractivity contribution in [2.45, 2.75) is 44.6 Å². The first-order valence-corrected chi connectivity index (χ1v) is 12.5. The fraction of sp³-hybridized carbons (Fsp3) is 0.478. The van der Waals surface area contributed by atoms with Gasteiger partial charge in [0.15, 0.2) is 0 Å². The van der Waals surface area contributed by atoms with Gasteiger partial charge < -0.3 is 14.8 Å². The Balaban J connectivity index is 1.53. The zero-order valence-corrected chi connectivity index (χ0v) is 19.4. The first-order chi connectivity index (χ1) is 15.5. The lowest BCUT2D eigenvalue weighted by Gasteiger charge is -2.30. The third-order valence-corrected chi connectivity index (χ3v) is 7.26. The van der Waals surface area contributed by atoms with Gasteiger partial charge in [-0.1, -0.05) is 13.0 Å². The second-order valence-electron chi connectivity index (χ2n) is 7.62. The zero-order valence-electron chi connectivity index (χ0n) is 18.6. The van der Waals surface area contributed by atoms with Gasteiger partial charge in [0.05, 0.1) is 18.1 Å². The number of aromatic nitrogens is 1. The van der Waals surface area contributed by atoms with E-state index in [9.17, 15) is 13.2 Å². The second-order valence-corrected chi connectivity index (χ2v) is 9.55. The van der Waals surface area contributed by atoms with E-state index >= 15 is 0 Å². The molecule has 0 radical (unpaired) electrons. The number of ether oxygens (including phenoxy) is 2. The molecule has 9 heteroatoms. The number of amides is 1. The maximum atomic E-state index is 12.9. The van der Waals surface area contributed by atoms with Crippen LogP contribution in [0.3, 0.4) is 0 Å². The minimum absolute atomic E-state index is 0.0755. The summed E-state index contributed by atoms with van der Waals surface area (Å²) in [6.07, 6.45) is 3.50. The minimum Gasteiger partial charge on any atom is -0.494 e. The van der Waals surface area contributed by atoms with E-state index in [4.69, 9.17) is 9.47 Å². The Kier molecular flexibility index (Phi) is 8.46. The van der Waals surface area contributed by atoms with Gasteiger partial charge in [0.1, 0.15) is 5.75 Å². The fourth-order valence-corrected chi connectivity index (χ4v) is 5.07. The van der Waals surface area contributed by atoms with E-state index in [1.54, 1.807) is 30.5 Å². The Morgan fingerprint density at radius 2 is 1.84 bits per heavy atom. The van der Waals surface area contributed by atoms with Gasteiger partial charge in [0, 0.05) is 37.3 Å². The Morgan fingerprint density at radius 3 is 2.50 bits per heavy atom. The number of benzene rings is 1. The third-order valence-electron chi connectivity index (χ3n) is 5.34. The highest BCUT2D eigenvalue weighted by Crippen LogP contribution is 2.25. The Bertz CT molecular complexity index is 987. The number of nitrogens with one attached hydrogen (secondary N) is 1. The molecule has 1 aromatic carbocycles. The second kappa shape index (κ2) is 11.3. The van der Waals surface area contributed by atoms with Crippen molar-refractivity contribution >= 4 is 15.9 Å². The van der Waals surface area contributed by atoms with Crippen molar-refractivity contribution in [3.05, 3.63) is 48.2 Å². The molecule has 8 nitrogen and oxygen atoms in total. The molecule has 1 aliphatic rings. The van der Waals surface area contributed by atoms with E-state index in [2.05, 4.69) is 10.3 Å². The monoisotopic (exact) mass is 461 g/mol. The van der Waals surface area contributed by atoms with Gasteiger partial charge in [-0.05, 0) is 56.5 Å². The molecule has 1 N–H and O–H groups in total. The molecule has 0 spiro atoms. The van der Waals surface area contributed by atoms with E-state index in [1.807, 2.05) is 26.0 Å². The molecule has 32 heavy (non-hydrogen) atoms. The molecule has 1 saturated heterocycles. The first kappa shape index (κ1) is 24.0. The Hall–Kier alpha value is -2.65. The van der Waals surface area contributed by atoms with Gasteiger partial charge in [-0.25, -0.2) is 13.4 Å². The summed E-state index contributed by atoms with van der Waals surface area (Å²) in [5, 5.41) is 2.95. The van der Waals surface area contributed by atoms with Crippen LogP contribution in [-0.4, -0.2) is 49.9 Å². The molecule has 2 aromatic rings. The van der Waals surface area contributed by atoms with E-state index < -0.39 is 10.0 Å². The van der Waals surface area contributed by atoms with Crippen LogP contribution >= 0.6 is 0 Å². The molecule has 1 amide bonds. The maximum Gasteiger partial charge on any atom is 0.243 e. The summed E-state index contributed by atoms with van der Waals surface area (Å²) < 4.78 is 38.3. The molecule has 2 heterocycles. The minimum atomic E-state index is -3.59. The van der Waals surface area contributed by atoms with Crippen LogP contribution in [0.25, 0.3) is 0 Å². The highest BCUT2D eigenvalue weighted by atomic mass is 32.2. The van der Waals surface area contributed by atoms with Crippen LogP contribution in [0.4, 0.5) is 0 Å². The highest BCUT2D eigenvalue weighted by molar-refractivity contribution is 7.89. The summed E-state index contributed by atoms with van der Waals surface area (Å²) in [5.74, 6) is 0.872.